The highest BCUT2D eigenvalue weighted by Gasteiger charge is 2.23. The van der Waals surface area contributed by atoms with Crippen LogP contribution in [0.4, 0.5) is 5.69 Å². The van der Waals surface area contributed by atoms with Crippen LogP contribution >= 0.6 is 0 Å². The largest absolute Gasteiger partial charge is 0.352 e. The molecule has 31 heavy (non-hydrogen) atoms. The van der Waals surface area contributed by atoms with E-state index in [1.54, 1.807) is 42.5 Å². The number of amides is 2. The van der Waals surface area contributed by atoms with Gasteiger partial charge in [-0.05, 0) is 53.4 Å². The fourth-order valence-corrected chi connectivity index (χ4v) is 4.27. The van der Waals surface area contributed by atoms with E-state index in [4.69, 9.17) is 0 Å². The van der Waals surface area contributed by atoms with E-state index in [0.29, 0.717) is 11.3 Å². The number of hydrogen-bond acceptors (Lipinski definition) is 4. The lowest BCUT2D eigenvalue weighted by molar-refractivity contribution is -0.125. The summed E-state index contributed by atoms with van der Waals surface area (Å²) in [6, 6.07) is 19.4. The fourth-order valence-electron chi connectivity index (χ4n) is 3.17. The SMILES string of the molecule is O=C(Cc1ccc(NS(=O)(=O)c2ccc3ccccc3c2)cc1)NCC(=O)NC1CC1. The first-order valence-corrected chi connectivity index (χ1v) is 11.5. The summed E-state index contributed by atoms with van der Waals surface area (Å²) in [5.41, 5.74) is 1.12. The molecule has 0 spiro atoms. The smallest absolute Gasteiger partial charge is 0.261 e. The molecular weight excluding hydrogens is 414 g/mol. The molecule has 8 heteroatoms. The molecule has 160 valence electrons. The van der Waals surface area contributed by atoms with Gasteiger partial charge in [0.15, 0.2) is 0 Å². The topological polar surface area (TPSA) is 104 Å². The van der Waals surface area contributed by atoms with Crippen LogP contribution in [0.25, 0.3) is 10.8 Å². The van der Waals surface area contributed by atoms with Gasteiger partial charge in [-0.2, -0.15) is 0 Å². The molecule has 0 radical (unpaired) electrons. The van der Waals surface area contributed by atoms with Crippen molar-refractivity contribution in [2.45, 2.75) is 30.2 Å². The van der Waals surface area contributed by atoms with Gasteiger partial charge in [-0.15, -0.1) is 0 Å². The van der Waals surface area contributed by atoms with Gasteiger partial charge >= 0.3 is 0 Å². The van der Waals surface area contributed by atoms with E-state index in [1.165, 1.54) is 0 Å². The Labute approximate surface area is 180 Å². The number of carbonyl (C=O) groups excluding carboxylic acids is 2. The van der Waals surface area contributed by atoms with Gasteiger partial charge in [-0.25, -0.2) is 8.42 Å². The molecule has 1 aliphatic carbocycles. The quantitative estimate of drug-likeness (QED) is 0.504. The Kier molecular flexibility index (Phi) is 5.90. The van der Waals surface area contributed by atoms with Gasteiger partial charge in [-0.3, -0.25) is 14.3 Å². The van der Waals surface area contributed by atoms with Crippen molar-refractivity contribution < 1.29 is 18.0 Å². The zero-order valence-electron chi connectivity index (χ0n) is 16.8. The van der Waals surface area contributed by atoms with Crippen molar-refractivity contribution in [3.63, 3.8) is 0 Å². The molecule has 0 atom stereocenters. The number of nitrogens with one attached hydrogen (secondary N) is 3. The molecule has 2 amide bonds. The number of fused-ring (bicyclic) bond motifs is 1. The molecule has 0 saturated heterocycles. The number of carbonyl (C=O) groups is 2. The Morgan fingerprint density at radius 1 is 0.871 bits per heavy atom. The van der Waals surface area contributed by atoms with Gasteiger partial charge in [0.05, 0.1) is 17.9 Å². The first-order chi connectivity index (χ1) is 14.9. The first-order valence-electron chi connectivity index (χ1n) is 10.1. The van der Waals surface area contributed by atoms with Crippen LogP contribution in [0.3, 0.4) is 0 Å². The summed E-state index contributed by atoms with van der Waals surface area (Å²) in [5, 5.41) is 7.21. The highest BCUT2D eigenvalue weighted by molar-refractivity contribution is 7.92. The number of benzene rings is 3. The molecule has 7 nitrogen and oxygen atoms in total. The van der Waals surface area contributed by atoms with E-state index in [2.05, 4.69) is 15.4 Å². The number of sulfonamides is 1. The number of hydrogen-bond donors (Lipinski definition) is 3. The summed E-state index contributed by atoms with van der Waals surface area (Å²) in [4.78, 5) is 23.8. The monoisotopic (exact) mass is 437 g/mol. The van der Waals surface area contributed by atoms with Crippen molar-refractivity contribution in [3.8, 4) is 0 Å². The highest BCUT2D eigenvalue weighted by Crippen LogP contribution is 2.22. The van der Waals surface area contributed by atoms with E-state index in [1.807, 2.05) is 24.3 Å². The second-order valence-corrected chi connectivity index (χ2v) is 9.29. The van der Waals surface area contributed by atoms with Gasteiger partial charge in [0.1, 0.15) is 0 Å². The molecule has 1 saturated carbocycles. The van der Waals surface area contributed by atoms with Crippen LogP contribution in [0.15, 0.2) is 71.6 Å². The van der Waals surface area contributed by atoms with E-state index in [0.717, 1.165) is 23.6 Å². The van der Waals surface area contributed by atoms with Gasteiger partial charge in [0, 0.05) is 11.7 Å². The molecule has 4 rings (SSSR count). The van der Waals surface area contributed by atoms with E-state index < -0.39 is 10.0 Å². The van der Waals surface area contributed by atoms with E-state index in [-0.39, 0.29) is 35.7 Å². The number of anilines is 1. The maximum atomic E-state index is 12.7. The summed E-state index contributed by atoms with van der Waals surface area (Å²) in [5.74, 6) is -0.454. The van der Waals surface area contributed by atoms with Crippen molar-refractivity contribution in [3.05, 3.63) is 72.3 Å². The molecule has 3 aromatic carbocycles. The summed E-state index contributed by atoms with van der Waals surface area (Å²) >= 11 is 0. The Hall–Kier alpha value is -3.39. The van der Waals surface area contributed by atoms with Crippen LogP contribution in [-0.2, 0) is 26.0 Å². The van der Waals surface area contributed by atoms with Gasteiger partial charge in [-0.1, -0.05) is 42.5 Å². The molecular formula is C23H23N3O4S. The molecule has 3 N–H and O–H groups in total. The normalized spacial score (nSPS) is 13.5. The van der Waals surface area contributed by atoms with Crippen molar-refractivity contribution in [1.82, 2.24) is 10.6 Å². The lowest BCUT2D eigenvalue weighted by atomic mass is 10.1. The average Bonchev–Trinajstić information content (AvgIpc) is 3.57. The highest BCUT2D eigenvalue weighted by atomic mass is 32.2. The molecule has 0 unspecified atom stereocenters. The van der Waals surface area contributed by atoms with Crippen molar-refractivity contribution in [2.24, 2.45) is 0 Å². The predicted molar refractivity (Wildman–Crippen MR) is 119 cm³/mol. The predicted octanol–water partition coefficient (Wildman–Crippen LogP) is 2.58. The molecule has 3 aromatic rings. The molecule has 1 fully saturated rings. The zero-order chi connectivity index (χ0) is 21.8. The Bertz CT molecular complexity index is 1220. The Morgan fingerprint density at radius 3 is 2.29 bits per heavy atom. The van der Waals surface area contributed by atoms with Crippen LogP contribution < -0.4 is 15.4 Å². The second kappa shape index (κ2) is 8.77. The molecule has 0 aliphatic heterocycles. The minimum absolute atomic E-state index is 0.0427. The maximum absolute atomic E-state index is 12.7. The summed E-state index contributed by atoms with van der Waals surface area (Å²) in [7, 11) is -3.74. The molecule has 0 heterocycles. The summed E-state index contributed by atoms with van der Waals surface area (Å²) in [6.45, 7) is -0.0427. The van der Waals surface area contributed by atoms with Crippen molar-refractivity contribution >= 4 is 38.3 Å². The van der Waals surface area contributed by atoms with Crippen LogP contribution in [0.5, 0.6) is 0 Å². The molecule has 0 aromatic heterocycles. The first kappa shape index (κ1) is 20.9. The lowest BCUT2D eigenvalue weighted by Gasteiger charge is -2.10. The van der Waals surface area contributed by atoms with Crippen molar-refractivity contribution in [1.29, 1.82) is 0 Å². The van der Waals surface area contributed by atoms with E-state index >= 15 is 0 Å². The third-order valence-electron chi connectivity index (χ3n) is 4.99. The molecule has 0 bridgehead atoms. The second-order valence-electron chi connectivity index (χ2n) is 7.61. The van der Waals surface area contributed by atoms with Crippen molar-refractivity contribution in [2.75, 3.05) is 11.3 Å². The standard InChI is InChI=1S/C23H23N3O4S/c27-22(24-15-23(28)25-19-10-11-19)13-16-5-8-20(9-6-16)26-31(29,30)21-12-7-17-3-1-2-4-18(17)14-21/h1-9,12,14,19,26H,10-11,13,15H2,(H,24,27)(H,25,28). The van der Waals surface area contributed by atoms with Crippen LogP contribution in [0.2, 0.25) is 0 Å². The van der Waals surface area contributed by atoms with Crippen LogP contribution in [0.1, 0.15) is 18.4 Å². The number of rotatable bonds is 8. The van der Waals surface area contributed by atoms with Crippen LogP contribution in [-0.4, -0.2) is 32.8 Å². The van der Waals surface area contributed by atoms with Gasteiger partial charge < -0.3 is 10.6 Å². The Balaban J connectivity index is 1.34. The summed E-state index contributed by atoms with van der Waals surface area (Å²) in [6.07, 6.45) is 2.10. The maximum Gasteiger partial charge on any atom is 0.261 e. The van der Waals surface area contributed by atoms with Gasteiger partial charge in [0.2, 0.25) is 11.8 Å². The third kappa shape index (κ3) is 5.61. The third-order valence-corrected chi connectivity index (χ3v) is 6.37. The average molecular weight is 438 g/mol. The zero-order valence-corrected chi connectivity index (χ0v) is 17.6. The fraction of sp³-hybridized carbons (Fsp3) is 0.217. The minimum Gasteiger partial charge on any atom is -0.352 e. The van der Waals surface area contributed by atoms with E-state index in [9.17, 15) is 18.0 Å². The van der Waals surface area contributed by atoms with Gasteiger partial charge in [0.25, 0.3) is 10.0 Å². The summed E-state index contributed by atoms with van der Waals surface area (Å²) < 4.78 is 28.0. The Morgan fingerprint density at radius 2 is 1.58 bits per heavy atom. The molecule has 1 aliphatic rings. The minimum atomic E-state index is -3.74. The lowest BCUT2D eigenvalue weighted by Crippen LogP contribution is -2.38. The van der Waals surface area contributed by atoms with Crippen LogP contribution in [0, 0.1) is 0 Å².